The van der Waals surface area contributed by atoms with Gasteiger partial charge in [-0.05, 0) is 37.3 Å². The van der Waals surface area contributed by atoms with Crippen LogP contribution in [0.4, 0.5) is 5.69 Å². The Balaban J connectivity index is 1.52. The molecule has 0 amide bonds. The molecule has 3 rings (SSSR count). The Morgan fingerprint density at radius 2 is 1.85 bits per heavy atom. The molecule has 0 unspecified atom stereocenters. The zero-order valence-corrected chi connectivity index (χ0v) is 12.7. The van der Waals surface area contributed by atoms with Crippen LogP contribution < -0.4 is 4.90 Å². The van der Waals surface area contributed by atoms with Gasteiger partial charge in [-0.25, -0.2) is 0 Å². The fraction of sp³-hybridized carbons (Fsp3) is 0.529. The van der Waals surface area contributed by atoms with E-state index >= 15 is 0 Å². The summed E-state index contributed by atoms with van der Waals surface area (Å²) in [5, 5.41) is 0.873. The summed E-state index contributed by atoms with van der Waals surface area (Å²) in [5.74, 6) is 0.867. The van der Waals surface area contributed by atoms with E-state index in [-0.39, 0.29) is 0 Å². The minimum Gasteiger partial charge on any atom is -0.368 e. The van der Waals surface area contributed by atoms with Crippen molar-refractivity contribution in [2.75, 3.05) is 37.6 Å². The van der Waals surface area contributed by atoms with E-state index in [9.17, 15) is 0 Å². The molecule has 0 spiro atoms. The van der Waals surface area contributed by atoms with Crippen molar-refractivity contribution in [3.8, 4) is 0 Å². The predicted molar refractivity (Wildman–Crippen MR) is 86.6 cm³/mol. The first kappa shape index (κ1) is 14.0. The van der Waals surface area contributed by atoms with Gasteiger partial charge in [0.05, 0.1) is 10.7 Å². The van der Waals surface area contributed by atoms with Gasteiger partial charge < -0.3 is 4.90 Å². The van der Waals surface area contributed by atoms with Crippen LogP contribution in [0.15, 0.2) is 36.4 Å². The second-order valence-electron chi connectivity index (χ2n) is 5.89. The van der Waals surface area contributed by atoms with Gasteiger partial charge in [0.15, 0.2) is 0 Å². The lowest BCUT2D eigenvalue weighted by atomic mass is 9.94. The maximum absolute atomic E-state index is 6.29. The highest BCUT2D eigenvalue weighted by atomic mass is 35.5. The van der Waals surface area contributed by atoms with Crippen molar-refractivity contribution < 1.29 is 0 Å². The van der Waals surface area contributed by atoms with E-state index in [2.05, 4.69) is 34.1 Å². The molecule has 2 nitrogen and oxygen atoms in total. The SMILES string of the molecule is Clc1ccccc1N1CCN(C[C@@H]2CC=CCC2)CC1. The Labute approximate surface area is 127 Å². The van der Waals surface area contributed by atoms with Gasteiger partial charge in [0.2, 0.25) is 0 Å². The Kier molecular flexibility index (Phi) is 4.64. The van der Waals surface area contributed by atoms with E-state index in [1.165, 1.54) is 31.5 Å². The maximum Gasteiger partial charge on any atom is 0.0639 e. The van der Waals surface area contributed by atoms with Crippen molar-refractivity contribution in [3.63, 3.8) is 0 Å². The van der Waals surface area contributed by atoms with Gasteiger partial charge in [0.25, 0.3) is 0 Å². The van der Waals surface area contributed by atoms with Crippen molar-refractivity contribution in [3.05, 3.63) is 41.4 Å². The van der Waals surface area contributed by atoms with Crippen LogP contribution in [0.5, 0.6) is 0 Å². The second-order valence-corrected chi connectivity index (χ2v) is 6.30. The molecule has 108 valence electrons. The first-order valence-electron chi connectivity index (χ1n) is 7.70. The van der Waals surface area contributed by atoms with Crippen molar-refractivity contribution in [1.82, 2.24) is 4.90 Å². The number of para-hydroxylation sites is 1. The summed E-state index contributed by atoms with van der Waals surface area (Å²) in [4.78, 5) is 5.04. The standard InChI is InChI=1S/C17H23ClN2/c18-16-8-4-5-9-17(16)20-12-10-19(11-13-20)14-15-6-2-1-3-7-15/h1-2,4-5,8-9,15H,3,6-7,10-14H2/t15-/m1/s1. The van der Waals surface area contributed by atoms with Crippen LogP contribution in [0, 0.1) is 5.92 Å². The molecule has 1 aromatic rings. The number of benzene rings is 1. The van der Waals surface area contributed by atoms with E-state index in [0.29, 0.717) is 0 Å². The van der Waals surface area contributed by atoms with Crippen molar-refractivity contribution >= 4 is 17.3 Å². The zero-order chi connectivity index (χ0) is 13.8. The zero-order valence-electron chi connectivity index (χ0n) is 12.0. The highest BCUT2D eigenvalue weighted by Crippen LogP contribution is 2.26. The van der Waals surface area contributed by atoms with E-state index in [4.69, 9.17) is 11.6 Å². The Bertz CT molecular complexity index is 464. The van der Waals surface area contributed by atoms with Gasteiger partial charge >= 0.3 is 0 Å². The third-order valence-corrected chi connectivity index (χ3v) is 4.78. The summed E-state index contributed by atoms with van der Waals surface area (Å²) in [7, 11) is 0. The normalized spacial score (nSPS) is 24.1. The lowest BCUT2D eigenvalue weighted by Gasteiger charge is -2.38. The third-order valence-electron chi connectivity index (χ3n) is 4.46. The number of hydrogen-bond donors (Lipinski definition) is 0. The largest absolute Gasteiger partial charge is 0.368 e. The quantitative estimate of drug-likeness (QED) is 0.781. The van der Waals surface area contributed by atoms with Gasteiger partial charge in [-0.3, -0.25) is 4.90 Å². The minimum absolute atomic E-state index is 0.867. The summed E-state index contributed by atoms with van der Waals surface area (Å²) in [6.45, 7) is 5.76. The predicted octanol–water partition coefficient (Wildman–Crippen LogP) is 3.82. The van der Waals surface area contributed by atoms with Crippen LogP contribution in [0.3, 0.4) is 0 Å². The maximum atomic E-state index is 6.29. The van der Waals surface area contributed by atoms with Crippen molar-refractivity contribution in [2.24, 2.45) is 5.92 Å². The molecule has 1 fully saturated rings. The fourth-order valence-electron chi connectivity index (χ4n) is 3.27. The Hall–Kier alpha value is -0.990. The number of anilines is 1. The van der Waals surface area contributed by atoms with E-state index in [1.807, 2.05) is 12.1 Å². The Morgan fingerprint density at radius 1 is 1.05 bits per heavy atom. The number of piperazine rings is 1. The summed E-state index contributed by atoms with van der Waals surface area (Å²) in [6, 6.07) is 8.18. The average Bonchev–Trinajstić information content (AvgIpc) is 2.50. The first-order valence-corrected chi connectivity index (χ1v) is 8.07. The summed E-state index contributed by atoms with van der Waals surface area (Å²) in [6.07, 6.45) is 8.58. The van der Waals surface area contributed by atoms with Crippen LogP contribution >= 0.6 is 11.6 Å². The molecular formula is C17H23ClN2. The van der Waals surface area contributed by atoms with Crippen molar-refractivity contribution in [1.29, 1.82) is 0 Å². The molecule has 20 heavy (non-hydrogen) atoms. The molecule has 1 aliphatic heterocycles. The summed E-state index contributed by atoms with van der Waals surface area (Å²) < 4.78 is 0. The fourth-order valence-corrected chi connectivity index (χ4v) is 3.52. The van der Waals surface area contributed by atoms with Gasteiger partial charge in [-0.15, -0.1) is 0 Å². The summed E-state index contributed by atoms with van der Waals surface area (Å²) >= 11 is 6.29. The van der Waals surface area contributed by atoms with Crippen LogP contribution in [0.25, 0.3) is 0 Å². The number of allylic oxidation sites excluding steroid dienone is 2. The van der Waals surface area contributed by atoms with E-state index < -0.39 is 0 Å². The second kappa shape index (κ2) is 6.64. The number of rotatable bonds is 3. The molecule has 1 saturated heterocycles. The lowest BCUT2D eigenvalue weighted by Crippen LogP contribution is -2.48. The molecule has 0 N–H and O–H groups in total. The van der Waals surface area contributed by atoms with Crippen LogP contribution in [0.2, 0.25) is 5.02 Å². The van der Waals surface area contributed by atoms with Gasteiger partial charge in [-0.1, -0.05) is 35.9 Å². The molecule has 0 bridgehead atoms. The van der Waals surface area contributed by atoms with E-state index in [1.54, 1.807) is 0 Å². The molecule has 1 atom stereocenters. The third kappa shape index (κ3) is 3.36. The van der Waals surface area contributed by atoms with Crippen LogP contribution in [-0.4, -0.2) is 37.6 Å². The molecule has 0 aromatic heterocycles. The van der Waals surface area contributed by atoms with Gasteiger partial charge in [0, 0.05) is 32.7 Å². The van der Waals surface area contributed by atoms with E-state index in [0.717, 1.165) is 37.1 Å². The Morgan fingerprint density at radius 3 is 2.55 bits per heavy atom. The lowest BCUT2D eigenvalue weighted by molar-refractivity contribution is 0.211. The van der Waals surface area contributed by atoms with Gasteiger partial charge in [-0.2, -0.15) is 0 Å². The van der Waals surface area contributed by atoms with Crippen molar-refractivity contribution in [2.45, 2.75) is 19.3 Å². The minimum atomic E-state index is 0.867. The topological polar surface area (TPSA) is 6.48 Å². The molecule has 2 aliphatic rings. The molecule has 0 saturated carbocycles. The van der Waals surface area contributed by atoms with Gasteiger partial charge in [0.1, 0.15) is 0 Å². The van der Waals surface area contributed by atoms with Crippen LogP contribution in [0.1, 0.15) is 19.3 Å². The first-order chi connectivity index (χ1) is 9.83. The molecule has 1 aliphatic carbocycles. The summed E-state index contributed by atoms with van der Waals surface area (Å²) in [5.41, 5.74) is 1.19. The highest BCUT2D eigenvalue weighted by Gasteiger charge is 2.21. The van der Waals surface area contributed by atoms with Crippen LogP contribution in [-0.2, 0) is 0 Å². The number of hydrogen-bond acceptors (Lipinski definition) is 2. The monoisotopic (exact) mass is 290 g/mol. The molecule has 3 heteroatoms. The molecule has 1 heterocycles. The number of halogens is 1. The molecule has 0 radical (unpaired) electrons. The molecule has 1 aromatic carbocycles. The number of nitrogens with zero attached hydrogens (tertiary/aromatic N) is 2. The smallest absolute Gasteiger partial charge is 0.0639 e. The molecular weight excluding hydrogens is 268 g/mol. The average molecular weight is 291 g/mol. The highest BCUT2D eigenvalue weighted by molar-refractivity contribution is 6.33.